The molecule has 5 rings (SSSR count). The largest absolute Gasteiger partial charge is 0.497 e. The van der Waals surface area contributed by atoms with Gasteiger partial charge in [0.05, 0.1) is 25.9 Å². The van der Waals surface area contributed by atoms with Gasteiger partial charge >= 0.3 is 0 Å². The molecule has 1 aliphatic carbocycles. The second-order valence-electron chi connectivity index (χ2n) is 14.2. The summed E-state index contributed by atoms with van der Waals surface area (Å²) in [7, 11) is 6.76. The second-order valence-corrected chi connectivity index (χ2v) is 14.2. The van der Waals surface area contributed by atoms with Crippen LogP contribution in [0.5, 0.6) is 11.5 Å². The Kier molecular flexibility index (Phi) is 25.1. The predicted molar refractivity (Wildman–Crippen MR) is 232 cm³/mol. The first kappa shape index (κ1) is 52.3. The first-order chi connectivity index (χ1) is 27.5. The van der Waals surface area contributed by atoms with E-state index >= 15 is 0 Å². The zero-order valence-corrected chi connectivity index (χ0v) is 36.2. The maximum absolute atomic E-state index is 10.1. The standard InChI is InChI=1S/C16H16O2.C9H18O3.2C8H6O2.C4H10O.C3H6/c1-10-15-8-11(17-2)4-6-13(15)14-7-5-12(18-3)9-16(10)14;1-8(2,11-5)6-9(3,4)12-7-10;2*9-5-7-1-2-8(6-10)4-3-7;1-4(2)5-3;1-3-2/h4-10H,1-3H3;7H,6H2,1-5H3;2*1-6H;4H,1-3H3;3H,1H2,2H3. The third-order valence-electron chi connectivity index (χ3n) is 8.40. The Morgan fingerprint density at radius 3 is 1.14 bits per heavy atom. The highest BCUT2D eigenvalue weighted by molar-refractivity contribution is 5.81. The van der Waals surface area contributed by atoms with Crippen LogP contribution in [0.25, 0.3) is 11.1 Å². The Balaban J connectivity index is 0.000000723. The molecular weight excluding hydrogens is 737 g/mol. The molecule has 0 radical (unpaired) electrons. The van der Waals surface area contributed by atoms with Crippen molar-refractivity contribution in [2.45, 2.75) is 85.0 Å². The first-order valence-corrected chi connectivity index (χ1v) is 18.6. The highest BCUT2D eigenvalue weighted by Gasteiger charge is 2.30. The molecule has 10 nitrogen and oxygen atoms in total. The van der Waals surface area contributed by atoms with Crippen LogP contribution in [-0.2, 0) is 19.0 Å². The fraction of sp³-hybridized carbons (Fsp3) is 0.354. The molecule has 0 atom stereocenters. The quantitative estimate of drug-likeness (QED) is 0.101. The van der Waals surface area contributed by atoms with Crippen molar-refractivity contribution in [3.05, 3.63) is 131 Å². The molecule has 1 aliphatic rings. The minimum absolute atomic E-state index is 0.257. The summed E-state index contributed by atoms with van der Waals surface area (Å²) in [6.45, 7) is 19.6. The summed E-state index contributed by atoms with van der Waals surface area (Å²) in [5, 5.41) is 0. The van der Waals surface area contributed by atoms with Gasteiger partial charge in [-0.15, -0.1) is 6.58 Å². The number of ether oxygens (including phenoxy) is 5. The van der Waals surface area contributed by atoms with Crippen molar-refractivity contribution < 1.29 is 47.7 Å². The van der Waals surface area contributed by atoms with Crippen molar-refractivity contribution in [2.75, 3.05) is 28.4 Å². The molecular formula is C48H62O10. The number of aldehydes is 4. The topological polar surface area (TPSA) is 132 Å². The molecule has 0 aromatic heterocycles. The van der Waals surface area contributed by atoms with Crippen LogP contribution in [-0.4, -0.2) is 77.4 Å². The summed E-state index contributed by atoms with van der Waals surface area (Å²) in [5.74, 6) is 2.22. The Labute approximate surface area is 345 Å². The average Bonchev–Trinajstić information content (AvgIpc) is 3.51. The van der Waals surface area contributed by atoms with E-state index < -0.39 is 5.60 Å². The van der Waals surface area contributed by atoms with E-state index in [9.17, 15) is 24.0 Å². The fourth-order valence-corrected chi connectivity index (χ4v) is 5.29. The zero-order chi connectivity index (χ0) is 44.3. The molecule has 4 aromatic rings. The monoisotopic (exact) mass is 798 g/mol. The number of carbonyl (C=O) groups excluding carboxylic acids is 5. The summed E-state index contributed by atoms with van der Waals surface area (Å²) in [6, 6.07) is 25.4. The number of hydrogen-bond acceptors (Lipinski definition) is 10. The lowest BCUT2D eigenvalue weighted by Crippen LogP contribution is -2.36. The molecule has 314 valence electrons. The van der Waals surface area contributed by atoms with E-state index in [1.54, 1.807) is 83.0 Å². The third-order valence-corrected chi connectivity index (χ3v) is 8.40. The van der Waals surface area contributed by atoms with Crippen molar-refractivity contribution in [3.63, 3.8) is 0 Å². The van der Waals surface area contributed by atoms with Crippen molar-refractivity contribution in [1.82, 2.24) is 0 Å². The van der Waals surface area contributed by atoms with Crippen LogP contribution in [0.2, 0.25) is 0 Å². The third kappa shape index (κ3) is 19.4. The average molecular weight is 799 g/mol. The number of methoxy groups -OCH3 is 4. The molecule has 0 amide bonds. The van der Waals surface area contributed by atoms with Gasteiger partial charge < -0.3 is 23.7 Å². The maximum Gasteiger partial charge on any atom is 0.293 e. The number of hydrogen-bond donors (Lipinski definition) is 0. The lowest BCUT2D eigenvalue weighted by Gasteiger charge is -2.32. The number of carbonyl (C=O) groups is 5. The van der Waals surface area contributed by atoms with E-state index in [1.807, 2.05) is 60.6 Å². The Bertz CT molecular complexity index is 1660. The Morgan fingerprint density at radius 2 is 0.914 bits per heavy atom. The molecule has 0 fully saturated rings. The normalized spacial score (nSPS) is 10.8. The molecule has 0 heterocycles. The van der Waals surface area contributed by atoms with E-state index in [0.717, 1.165) is 36.6 Å². The van der Waals surface area contributed by atoms with Gasteiger partial charge in [-0.05, 0) is 95.0 Å². The number of rotatable bonds is 12. The van der Waals surface area contributed by atoms with Gasteiger partial charge in [-0.1, -0.05) is 73.7 Å². The van der Waals surface area contributed by atoms with Gasteiger partial charge in [-0.3, -0.25) is 24.0 Å². The predicted octanol–water partition coefficient (Wildman–Crippen LogP) is 10.4. The van der Waals surface area contributed by atoms with Crippen LogP contribution in [0, 0.1) is 0 Å². The fourth-order valence-electron chi connectivity index (χ4n) is 5.29. The lowest BCUT2D eigenvalue weighted by molar-refractivity contribution is -0.146. The first-order valence-electron chi connectivity index (χ1n) is 18.6. The highest BCUT2D eigenvalue weighted by Crippen LogP contribution is 2.46. The maximum atomic E-state index is 10.1. The Morgan fingerprint density at radius 1 is 0.603 bits per heavy atom. The minimum atomic E-state index is -0.457. The van der Waals surface area contributed by atoms with E-state index in [2.05, 4.69) is 37.8 Å². The van der Waals surface area contributed by atoms with Gasteiger partial charge in [0.2, 0.25) is 0 Å². The summed E-state index contributed by atoms with van der Waals surface area (Å²) < 4.78 is 25.5. The molecule has 58 heavy (non-hydrogen) atoms. The van der Waals surface area contributed by atoms with Crippen LogP contribution in [0.4, 0.5) is 0 Å². The molecule has 0 bridgehead atoms. The molecule has 0 N–H and O–H groups in total. The van der Waals surface area contributed by atoms with Gasteiger partial charge in [0, 0.05) is 48.8 Å². The van der Waals surface area contributed by atoms with Gasteiger partial charge in [-0.25, -0.2) is 0 Å². The number of benzene rings is 4. The summed E-state index contributed by atoms with van der Waals surface area (Å²) in [5.41, 5.74) is 6.91. The smallest absolute Gasteiger partial charge is 0.293 e. The van der Waals surface area contributed by atoms with Crippen molar-refractivity contribution in [2.24, 2.45) is 0 Å². The van der Waals surface area contributed by atoms with Gasteiger partial charge in [-0.2, -0.15) is 0 Å². The zero-order valence-electron chi connectivity index (χ0n) is 36.2. The minimum Gasteiger partial charge on any atom is -0.497 e. The van der Waals surface area contributed by atoms with Crippen LogP contribution in [0.3, 0.4) is 0 Å². The molecule has 10 heteroatoms. The van der Waals surface area contributed by atoms with Gasteiger partial charge in [0.1, 0.15) is 42.2 Å². The van der Waals surface area contributed by atoms with E-state index in [-0.39, 0.29) is 5.60 Å². The molecule has 4 aromatic carbocycles. The molecule has 0 saturated heterocycles. The second kappa shape index (κ2) is 27.8. The van der Waals surface area contributed by atoms with E-state index in [4.69, 9.17) is 23.7 Å². The van der Waals surface area contributed by atoms with Crippen molar-refractivity contribution >= 4 is 31.6 Å². The van der Waals surface area contributed by atoms with E-state index in [1.165, 1.54) is 22.3 Å². The SMILES string of the molecule is C=CC.COC(C)(C)CC(C)(C)OC=O.COC(C)C.COc1ccc2c(c1)C(C)c1cc(OC)ccc1-2.O=Cc1ccc(C=O)cc1.O=Cc1ccc(C=O)cc1. The van der Waals surface area contributed by atoms with Crippen LogP contribution < -0.4 is 9.47 Å². The Hall–Kier alpha value is -5.71. The molecule has 0 aliphatic heterocycles. The van der Waals surface area contributed by atoms with Crippen LogP contribution in [0.1, 0.15) is 120 Å². The number of fused-ring (bicyclic) bond motifs is 3. The number of allylic oxidation sites excluding steroid dienone is 1. The summed E-state index contributed by atoms with van der Waals surface area (Å²) in [6.07, 6.45) is 5.79. The van der Waals surface area contributed by atoms with Crippen LogP contribution in [0.15, 0.2) is 97.6 Å². The molecule has 0 saturated carbocycles. The highest BCUT2D eigenvalue weighted by atomic mass is 16.5. The summed E-state index contributed by atoms with van der Waals surface area (Å²) in [4.78, 5) is 50.6. The van der Waals surface area contributed by atoms with Crippen molar-refractivity contribution in [3.8, 4) is 22.6 Å². The lowest BCUT2D eigenvalue weighted by atomic mass is 9.92. The van der Waals surface area contributed by atoms with Gasteiger partial charge in [0.25, 0.3) is 6.47 Å². The van der Waals surface area contributed by atoms with Gasteiger partial charge in [0.15, 0.2) is 0 Å². The van der Waals surface area contributed by atoms with Crippen LogP contribution >= 0.6 is 0 Å². The van der Waals surface area contributed by atoms with E-state index in [0.29, 0.717) is 47.2 Å². The molecule has 0 spiro atoms. The van der Waals surface area contributed by atoms with Crippen molar-refractivity contribution in [1.29, 1.82) is 0 Å². The molecule has 0 unspecified atom stereocenters. The summed E-state index contributed by atoms with van der Waals surface area (Å²) >= 11 is 0.